The van der Waals surface area contributed by atoms with E-state index in [1.165, 1.54) is 0 Å². The van der Waals surface area contributed by atoms with E-state index in [0.717, 1.165) is 23.6 Å². The van der Waals surface area contributed by atoms with Gasteiger partial charge in [-0.05, 0) is 12.1 Å². The lowest BCUT2D eigenvalue weighted by Gasteiger charge is -2.21. The Morgan fingerprint density at radius 1 is 1.33 bits per heavy atom. The first kappa shape index (κ1) is 12.9. The van der Waals surface area contributed by atoms with Gasteiger partial charge in [-0.1, -0.05) is 0 Å². The van der Waals surface area contributed by atoms with Gasteiger partial charge >= 0.3 is 0 Å². The van der Waals surface area contributed by atoms with Crippen molar-refractivity contribution in [3.05, 3.63) is 35.8 Å². The zero-order valence-electron chi connectivity index (χ0n) is 10.5. The SMILES string of the molecule is COc1ccc(CN2C=C[P+]([O-])=CC2)c(OC)c1. The molecule has 5 heteroatoms. The summed E-state index contributed by atoms with van der Waals surface area (Å²) in [7, 11) is 2.02. The number of methoxy groups -OCH3 is 2. The normalized spacial score (nSPS) is 16.4. The standard InChI is InChI=1S/C13H16NO3P/c1-16-12-4-3-11(13(9-12)17-2)10-14-5-7-18(15)8-6-14/h3-5,7-9H,6,10H2,1-2H3. The van der Waals surface area contributed by atoms with Crippen molar-refractivity contribution in [3.63, 3.8) is 0 Å². The Morgan fingerprint density at radius 2 is 2.17 bits per heavy atom. The van der Waals surface area contributed by atoms with Crippen LogP contribution in [-0.2, 0) is 6.54 Å². The summed E-state index contributed by atoms with van der Waals surface area (Å²) in [5, 5.41) is 0. The Bertz CT molecular complexity index is 485. The van der Waals surface area contributed by atoms with E-state index in [1.54, 1.807) is 20.0 Å². The van der Waals surface area contributed by atoms with Crippen molar-refractivity contribution in [1.82, 2.24) is 4.90 Å². The van der Waals surface area contributed by atoms with Crippen molar-refractivity contribution in [3.8, 4) is 11.5 Å². The number of hydrogen-bond acceptors (Lipinski definition) is 4. The maximum atomic E-state index is 11.2. The molecular weight excluding hydrogens is 249 g/mol. The molecule has 1 heterocycles. The molecule has 0 amide bonds. The molecule has 1 unspecified atom stereocenters. The fourth-order valence-electron chi connectivity index (χ4n) is 1.79. The molecular formula is C13H16NO3P. The van der Waals surface area contributed by atoms with Crippen LogP contribution in [0.4, 0.5) is 0 Å². The minimum Gasteiger partial charge on any atom is -0.626 e. The lowest BCUT2D eigenvalue weighted by molar-refractivity contribution is -0.150. The minimum atomic E-state index is -1.26. The minimum absolute atomic E-state index is 0.695. The van der Waals surface area contributed by atoms with E-state index in [4.69, 9.17) is 9.47 Å². The Hall–Kier alpha value is -1.51. The molecule has 0 fully saturated rings. The van der Waals surface area contributed by atoms with Crippen LogP contribution in [0, 0.1) is 0 Å². The largest absolute Gasteiger partial charge is 0.626 e. The molecule has 0 aliphatic carbocycles. The van der Waals surface area contributed by atoms with Gasteiger partial charge in [0, 0.05) is 24.4 Å². The summed E-state index contributed by atoms with van der Waals surface area (Å²) in [5.41, 5.74) is 1.08. The predicted octanol–water partition coefficient (Wildman–Crippen LogP) is 1.55. The Labute approximate surface area is 108 Å². The van der Waals surface area contributed by atoms with E-state index in [0.29, 0.717) is 6.54 Å². The van der Waals surface area contributed by atoms with Crippen LogP contribution < -0.4 is 14.4 Å². The van der Waals surface area contributed by atoms with Crippen molar-refractivity contribution < 1.29 is 14.4 Å². The van der Waals surface area contributed by atoms with Crippen molar-refractivity contribution in [2.45, 2.75) is 6.54 Å². The number of hydrogen-bond donors (Lipinski definition) is 0. The smallest absolute Gasteiger partial charge is 0.127 e. The van der Waals surface area contributed by atoms with Crippen molar-refractivity contribution in [2.75, 3.05) is 20.8 Å². The van der Waals surface area contributed by atoms with Gasteiger partial charge in [-0.15, -0.1) is 0 Å². The first-order valence-electron chi connectivity index (χ1n) is 5.65. The van der Waals surface area contributed by atoms with Gasteiger partial charge in [0.15, 0.2) is 0 Å². The van der Waals surface area contributed by atoms with E-state index in [-0.39, 0.29) is 0 Å². The van der Waals surface area contributed by atoms with Crippen molar-refractivity contribution >= 4 is 13.6 Å². The summed E-state index contributed by atoms with van der Waals surface area (Å²) in [4.78, 5) is 13.3. The van der Waals surface area contributed by atoms with Crippen molar-refractivity contribution in [2.24, 2.45) is 0 Å². The van der Waals surface area contributed by atoms with Crippen molar-refractivity contribution in [1.29, 1.82) is 0 Å². The fourth-order valence-corrected chi connectivity index (χ4v) is 2.60. The van der Waals surface area contributed by atoms with Gasteiger partial charge in [-0.2, -0.15) is 0 Å². The van der Waals surface area contributed by atoms with Crippen LogP contribution in [0.5, 0.6) is 11.5 Å². The third kappa shape index (κ3) is 3.03. The van der Waals surface area contributed by atoms with Gasteiger partial charge in [0.05, 0.1) is 28.5 Å². The Morgan fingerprint density at radius 3 is 2.78 bits per heavy atom. The summed E-state index contributed by atoms with van der Waals surface area (Å²) in [6.45, 7) is 1.42. The van der Waals surface area contributed by atoms with Crippen LogP contribution in [0.15, 0.2) is 30.2 Å². The zero-order chi connectivity index (χ0) is 13.0. The molecule has 96 valence electrons. The molecule has 1 aromatic carbocycles. The fraction of sp³-hybridized carbons (Fsp3) is 0.308. The van der Waals surface area contributed by atoms with Crippen LogP contribution >= 0.6 is 7.77 Å². The molecule has 0 bridgehead atoms. The quantitative estimate of drug-likeness (QED) is 0.775. The van der Waals surface area contributed by atoms with Gasteiger partial charge in [0.2, 0.25) is 0 Å². The first-order valence-corrected chi connectivity index (χ1v) is 7.05. The number of nitrogens with zero attached hydrogens (tertiary/aromatic N) is 1. The highest BCUT2D eigenvalue weighted by Crippen LogP contribution is 2.26. The van der Waals surface area contributed by atoms with Gasteiger partial charge < -0.3 is 19.3 Å². The highest BCUT2D eigenvalue weighted by molar-refractivity contribution is 7.53. The molecule has 1 aliphatic rings. The summed E-state index contributed by atoms with van der Waals surface area (Å²) >= 11 is 0. The molecule has 1 aromatic rings. The molecule has 0 saturated carbocycles. The topological polar surface area (TPSA) is 44.8 Å². The lowest BCUT2D eigenvalue weighted by atomic mass is 10.2. The van der Waals surface area contributed by atoms with Gasteiger partial charge in [-0.3, -0.25) is 0 Å². The predicted molar refractivity (Wildman–Crippen MR) is 72.1 cm³/mol. The molecule has 1 atom stereocenters. The van der Waals surface area contributed by atoms with E-state index in [9.17, 15) is 4.89 Å². The number of benzene rings is 1. The second-order valence-corrected chi connectivity index (χ2v) is 5.33. The lowest BCUT2D eigenvalue weighted by Crippen LogP contribution is -2.21. The summed E-state index contributed by atoms with van der Waals surface area (Å²) in [5.74, 6) is 5.11. The van der Waals surface area contributed by atoms with Crippen LogP contribution in [0.2, 0.25) is 0 Å². The molecule has 0 radical (unpaired) electrons. The zero-order valence-corrected chi connectivity index (χ0v) is 11.4. The first-order chi connectivity index (χ1) is 8.72. The molecule has 18 heavy (non-hydrogen) atoms. The maximum Gasteiger partial charge on any atom is 0.127 e. The van der Waals surface area contributed by atoms with Gasteiger partial charge in [-0.25, -0.2) is 0 Å². The molecule has 2 rings (SSSR count). The third-order valence-corrected chi connectivity index (χ3v) is 3.74. The van der Waals surface area contributed by atoms with Gasteiger partial charge in [0.1, 0.15) is 23.1 Å². The second kappa shape index (κ2) is 5.89. The highest BCUT2D eigenvalue weighted by atomic mass is 31.1. The Balaban J connectivity index is 2.12. The van der Waals surface area contributed by atoms with Crippen LogP contribution in [0.1, 0.15) is 5.56 Å². The number of ether oxygens (including phenoxy) is 2. The molecule has 0 saturated heterocycles. The van der Waals surface area contributed by atoms with Gasteiger partial charge in [0.25, 0.3) is 0 Å². The molecule has 4 nitrogen and oxygen atoms in total. The average Bonchev–Trinajstić information content (AvgIpc) is 2.41. The van der Waals surface area contributed by atoms with Crippen LogP contribution in [-0.4, -0.2) is 31.5 Å². The number of rotatable bonds is 4. The van der Waals surface area contributed by atoms with E-state index in [1.807, 2.05) is 30.2 Å². The van der Waals surface area contributed by atoms with Crippen LogP contribution in [0.3, 0.4) is 0 Å². The van der Waals surface area contributed by atoms with Crippen LogP contribution in [0.25, 0.3) is 0 Å². The Kier molecular flexibility index (Phi) is 4.24. The maximum absolute atomic E-state index is 11.2. The summed E-state index contributed by atoms with van der Waals surface area (Å²) in [6, 6.07) is 5.77. The molecule has 0 N–H and O–H groups in total. The molecule has 0 spiro atoms. The molecule has 1 aliphatic heterocycles. The molecule has 0 aromatic heterocycles. The van der Waals surface area contributed by atoms with E-state index < -0.39 is 7.77 Å². The average molecular weight is 265 g/mol. The van der Waals surface area contributed by atoms with E-state index in [2.05, 4.69) is 4.90 Å². The second-order valence-electron chi connectivity index (χ2n) is 3.95. The van der Waals surface area contributed by atoms with E-state index >= 15 is 0 Å². The highest BCUT2D eigenvalue weighted by Gasteiger charge is 2.11. The third-order valence-electron chi connectivity index (χ3n) is 2.79. The summed E-state index contributed by atoms with van der Waals surface area (Å²) in [6.07, 6.45) is 1.88. The monoisotopic (exact) mass is 265 g/mol. The summed E-state index contributed by atoms with van der Waals surface area (Å²) < 4.78 is 10.5.